The van der Waals surface area contributed by atoms with Gasteiger partial charge in [0.05, 0.1) is 0 Å². The van der Waals surface area contributed by atoms with Crippen LogP contribution in [0, 0.1) is 0 Å². The van der Waals surface area contributed by atoms with Crippen molar-refractivity contribution in [2.75, 3.05) is 44.3 Å². The van der Waals surface area contributed by atoms with Crippen LogP contribution in [0.4, 0.5) is 0 Å². The molecule has 20 heavy (non-hydrogen) atoms. The van der Waals surface area contributed by atoms with Crippen molar-refractivity contribution in [3.63, 3.8) is 0 Å². The molecule has 2 rings (SSSR count). The van der Waals surface area contributed by atoms with Gasteiger partial charge in [-0.2, -0.15) is 0 Å². The van der Waals surface area contributed by atoms with E-state index in [9.17, 15) is 4.21 Å². The van der Waals surface area contributed by atoms with Crippen LogP contribution in [0.5, 0.6) is 5.75 Å². The molecule has 1 heterocycles. The summed E-state index contributed by atoms with van der Waals surface area (Å²) in [5.74, 6) is 2.54. The van der Waals surface area contributed by atoms with E-state index >= 15 is 0 Å². The number of hydrogen-bond donors (Lipinski definition) is 1. The summed E-state index contributed by atoms with van der Waals surface area (Å²) in [5, 5.41) is 3.31. The standard InChI is InChI=1S/C15H24N2O2S/c1-2-16-13-14-4-3-5-15(12-14)19-9-6-17-7-10-20(18)11-8-17/h3-5,12,16H,2,6-11,13H2,1H3. The molecule has 1 aliphatic heterocycles. The highest BCUT2D eigenvalue weighted by Crippen LogP contribution is 2.13. The van der Waals surface area contributed by atoms with Crippen LogP contribution in [0.15, 0.2) is 24.3 Å². The number of hydrogen-bond acceptors (Lipinski definition) is 4. The van der Waals surface area contributed by atoms with E-state index in [0.717, 1.165) is 50.0 Å². The molecule has 1 aliphatic rings. The Morgan fingerprint density at radius 2 is 2.15 bits per heavy atom. The van der Waals surface area contributed by atoms with E-state index in [4.69, 9.17) is 4.74 Å². The Kier molecular flexibility index (Phi) is 6.50. The first-order valence-corrected chi connectivity index (χ1v) is 8.76. The molecule has 1 aromatic rings. The van der Waals surface area contributed by atoms with Gasteiger partial charge in [0, 0.05) is 48.5 Å². The first kappa shape index (κ1) is 15.5. The molecule has 0 aromatic heterocycles. The van der Waals surface area contributed by atoms with Crippen molar-refractivity contribution in [1.82, 2.24) is 10.2 Å². The number of nitrogens with zero attached hydrogens (tertiary/aromatic N) is 1. The number of ether oxygens (including phenoxy) is 1. The summed E-state index contributed by atoms with van der Waals surface area (Å²) in [6, 6.07) is 8.23. The van der Waals surface area contributed by atoms with E-state index in [1.54, 1.807) is 0 Å². The van der Waals surface area contributed by atoms with Crippen molar-refractivity contribution in [2.24, 2.45) is 0 Å². The minimum absolute atomic E-state index is 0.598. The summed E-state index contributed by atoms with van der Waals surface area (Å²) < 4.78 is 17.1. The smallest absolute Gasteiger partial charge is 0.119 e. The van der Waals surface area contributed by atoms with Crippen molar-refractivity contribution in [1.29, 1.82) is 0 Å². The van der Waals surface area contributed by atoms with Gasteiger partial charge in [-0.15, -0.1) is 0 Å². The Balaban J connectivity index is 1.72. The highest BCUT2D eigenvalue weighted by atomic mass is 32.2. The van der Waals surface area contributed by atoms with E-state index in [2.05, 4.69) is 29.3 Å². The predicted octanol–water partition coefficient (Wildman–Crippen LogP) is 1.24. The topological polar surface area (TPSA) is 41.6 Å². The van der Waals surface area contributed by atoms with Crippen LogP contribution in [0.3, 0.4) is 0 Å². The minimum atomic E-state index is -0.598. The molecule has 0 bridgehead atoms. The summed E-state index contributed by atoms with van der Waals surface area (Å²) in [6.07, 6.45) is 0. The third kappa shape index (κ3) is 5.23. The largest absolute Gasteiger partial charge is 0.492 e. The molecule has 0 radical (unpaired) electrons. The molecule has 0 amide bonds. The van der Waals surface area contributed by atoms with Gasteiger partial charge in [0.15, 0.2) is 0 Å². The van der Waals surface area contributed by atoms with Crippen molar-refractivity contribution in [3.05, 3.63) is 29.8 Å². The Hall–Kier alpha value is -0.910. The SMILES string of the molecule is CCNCc1cccc(OCCN2CCS(=O)CC2)c1. The van der Waals surface area contributed by atoms with E-state index in [0.29, 0.717) is 6.61 Å². The third-order valence-electron chi connectivity index (χ3n) is 3.42. The molecule has 1 N–H and O–H groups in total. The Bertz CT molecular complexity index is 430. The molecule has 4 nitrogen and oxygen atoms in total. The Morgan fingerprint density at radius 3 is 2.90 bits per heavy atom. The molecule has 1 fully saturated rings. The second-order valence-corrected chi connectivity index (χ2v) is 6.66. The van der Waals surface area contributed by atoms with Gasteiger partial charge in [-0.05, 0) is 24.2 Å². The van der Waals surface area contributed by atoms with Crippen molar-refractivity contribution in [3.8, 4) is 5.75 Å². The number of nitrogens with one attached hydrogen (secondary N) is 1. The second kappa shape index (κ2) is 8.39. The van der Waals surface area contributed by atoms with Gasteiger partial charge in [0.25, 0.3) is 0 Å². The zero-order chi connectivity index (χ0) is 14.2. The van der Waals surface area contributed by atoms with Gasteiger partial charge < -0.3 is 10.1 Å². The minimum Gasteiger partial charge on any atom is -0.492 e. The van der Waals surface area contributed by atoms with E-state index in [1.807, 2.05) is 12.1 Å². The third-order valence-corrected chi connectivity index (χ3v) is 4.70. The van der Waals surface area contributed by atoms with E-state index < -0.39 is 10.8 Å². The summed E-state index contributed by atoms with van der Waals surface area (Å²) in [5.41, 5.74) is 1.25. The maximum Gasteiger partial charge on any atom is 0.119 e. The molecular formula is C15H24N2O2S. The van der Waals surface area contributed by atoms with Gasteiger partial charge in [-0.3, -0.25) is 9.11 Å². The molecule has 1 aromatic carbocycles. The second-order valence-electron chi connectivity index (χ2n) is 4.97. The number of rotatable bonds is 7. The van der Waals surface area contributed by atoms with Crippen molar-refractivity contribution in [2.45, 2.75) is 13.5 Å². The predicted molar refractivity (Wildman–Crippen MR) is 83.6 cm³/mol. The van der Waals surface area contributed by atoms with Crippen LogP contribution in [0.25, 0.3) is 0 Å². The van der Waals surface area contributed by atoms with Crippen LogP contribution in [0.1, 0.15) is 12.5 Å². The highest BCUT2D eigenvalue weighted by molar-refractivity contribution is 7.85. The molecular weight excluding hydrogens is 272 g/mol. The van der Waals surface area contributed by atoms with Crippen LogP contribution in [0.2, 0.25) is 0 Å². The fourth-order valence-electron chi connectivity index (χ4n) is 2.21. The summed E-state index contributed by atoms with van der Waals surface area (Å²) >= 11 is 0. The van der Waals surface area contributed by atoms with Gasteiger partial charge in [-0.1, -0.05) is 19.1 Å². The van der Waals surface area contributed by atoms with Gasteiger partial charge in [-0.25, -0.2) is 0 Å². The zero-order valence-corrected chi connectivity index (χ0v) is 13.0. The summed E-state index contributed by atoms with van der Waals surface area (Å²) in [6.45, 7) is 7.41. The highest BCUT2D eigenvalue weighted by Gasteiger charge is 2.14. The molecule has 0 unspecified atom stereocenters. The van der Waals surface area contributed by atoms with Crippen molar-refractivity contribution < 1.29 is 8.95 Å². The first-order chi connectivity index (χ1) is 9.78. The average Bonchev–Trinajstić information content (AvgIpc) is 2.48. The van der Waals surface area contributed by atoms with Crippen LogP contribution >= 0.6 is 0 Å². The summed E-state index contributed by atoms with van der Waals surface area (Å²) in [7, 11) is -0.598. The van der Waals surface area contributed by atoms with Crippen LogP contribution in [-0.4, -0.2) is 53.4 Å². The molecule has 5 heteroatoms. The van der Waals surface area contributed by atoms with E-state index in [1.165, 1.54) is 5.56 Å². The van der Waals surface area contributed by atoms with Crippen LogP contribution in [-0.2, 0) is 17.3 Å². The maximum absolute atomic E-state index is 11.3. The molecule has 1 saturated heterocycles. The fourth-order valence-corrected chi connectivity index (χ4v) is 3.33. The average molecular weight is 296 g/mol. The van der Waals surface area contributed by atoms with Crippen molar-refractivity contribution >= 4 is 10.8 Å². The van der Waals surface area contributed by atoms with E-state index in [-0.39, 0.29) is 0 Å². The lowest BCUT2D eigenvalue weighted by Gasteiger charge is -2.25. The maximum atomic E-state index is 11.3. The Morgan fingerprint density at radius 1 is 1.35 bits per heavy atom. The number of benzene rings is 1. The lowest BCUT2D eigenvalue weighted by molar-refractivity contribution is 0.221. The lowest BCUT2D eigenvalue weighted by atomic mass is 10.2. The quantitative estimate of drug-likeness (QED) is 0.822. The monoisotopic (exact) mass is 296 g/mol. The van der Waals surface area contributed by atoms with Gasteiger partial charge in [0.2, 0.25) is 0 Å². The molecule has 112 valence electrons. The summed E-state index contributed by atoms with van der Waals surface area (Å²) in [4.78, 5) is 2.32. The van der Waals surface area contributed by atoms with Gasteiger partial charge in [0.1, 0.15) is 12.4 Å². The lowest BCUT2D eigenvalue weighted by Crippen LogP contribution is -2.39. The fraction of sp³-hybridized carbons (Fsp3) is 0.600. The zero-order valence-electron chi connectivity index (χ0n) is 12.1. The first-order valence-electron chi connectivity index (χ1n) is 7.27. The molecule has 0 atom stereocenters. The molecule has 0 aliphatic carbocycles. The van der Waals surface area contributed by atoms with Crippen LogP contribution < -0.4 is 10.1 Å². The molecule has 0 spiro atoms. The normalized spacial score (nSPS) is 17.2. The molecule has 0 saturated carbocycles. The Labute approximate surface area is 124 Å². The van der Waals surface area contributed by atoms with Gasteiger partial charge >= 0.3 is 0 Å².